The molecule has 0 aromatic heterocycles. The molecular formula is C14H18N4O3. The van der Waals surface area contributed by atoms with E-state index in [1.807, 2.05) is 6.07 Å². The number of aliphatic hydroxyl groups is 1. The Morgan fingerprint density at radius 1 is 1.43 bits per heavy atom. The number of anilines is 2. The van der Waals surface area contributed by atoms with Gasteiger partial charge in [-0.2, -0.15) is 0 Å². The zero-order valence-electron chi connectivity index (χ0n) is 11.5. The molecule has 2 atom stereocenters. The molecule has 112 valence electrons. The van der Waals surface area contributed by atoms with Crippen LogP contribution in [0.5, 0.6) is 0 Å². The van der Waals surface area contributed by atoms with E-state index in [9.17, 15) is 14.7 Å². The second-order valence-electron chi connectivity index (χ2n) is 5.27. The van der Waals surface area contributed by atoms with Crippen molar-refractivity contribution in [3.8, 4) is 0 Å². The summed E-state index contributed by atoms with van der Waals surface area (Å²) in [5.74, 6) is -0.172. The number of rotatable bonds is 3. The molecule has 7 heteroatoms. The van der Waals surface area contributed by atoms with Crippen molar-refractivity contribution in [1.29, 1.82) is 0 Å². The molecule has 2 aliphatic heterocycles. The molecule has 2 fully saturated rings. The topological polar surface area (TPSA) is 93.7 Å². The lowest BCUT2D eigenvalue weighted by molar-refractivity contribution is -0.117. The van der Waals surface area contributed by atoms with E-state index < -0.39 is 6.10 Å². The van der Waals surface area contributed by atoms with Gasteiger partial charge in [0.1, 0.15) is 0 Å². The van der Waals surface area contributed by atoms with Crippen LogP contribution >= 0.6 is 0 Å². The number of hydrogen-bond acceptors (Lipinski definition) is 4. The van der Waals surface area contributed by atoms with Gasteiger partial charge in [-0.05, 0) is 24.6 Å². The molecule has 1 aromatic carbocycles. The second kappa shape index (κ2) is 5.71. The van der Waals surface area contributed by atoms with Gasteiger partial charge in [0.15, 0.2) is 0 Å². The Morgan fingerprint density at radius 2 is 2.29 bits per heavy atom. The minimum atomic E-state index is -0.472. The summed E-state index contributed by atoms with van der Waals surface area (Å²) in [5, 5.41) is 18.0. The van der Waals surface area contributed by atoms with Gasteiger partial charge in [-0.3, -0.25) is 9.69 Å². The van der Waals surface area contributed by atoms with Gasteiger partial charge in [0.25, 0.3) is 0 Å². The average molecular weight is 290 g/mol. The molecule has 2 heterocycles. The lowest BCUT2D eigenvalue weighted by atomic mass is 10.2. The van der Waals surface area contributed by atoms with Crippen LogP contribution in [-0.4, -0.2) is 48.8 Å². The third-order valence-corrected chi connectivity index (χ3v) is 3.71. The van der Waals surface area contributed by atoms with E-state index in [2.05, 4.69) is 16.0 Å². The molecule has 4 N–H and O–H groups in total. The molecule has 2 unspecified atom stereocenters. The van der Waals surface area contributed by atoms with Crippen molar-refractivity contribution >= 4 is 23.3 Å². The van der Waals surface area contributed by atoms with E-state index in [1.165, 1.54) is 0 Å². The molecular weight excluding hydrogens is 272 g/mol. The van der Waals surface area contributed by atoms with Crippen molar-refractivity contribution in [3.63, 3.8) is 0 Å². The molecule has 1 aromatic rings. The molecule has 0 bridgehead atoms. The van der Waals surface area contributed by atoms with Gasteiger partial charge in [-0.15, -0.1) is 0 Å². The molecule has 2 saturated heterocycles. The monoisotopic (exact) mass is 290 g/mol. The van der Waals surface area contributed by atoms with Gasteiger partial charge in [0.2, 0.25) is 5.91 Å². The number of carbonyl (C=O) groups is 2. The lowest BCUT2D eigenvalue weighted by Crippen LogP contribution is -2.35. The number of nitrogens with zero attached hydrogens (tertiary/aromatic N) is 1. The molecule has 21 heavy (non-hydrogen) atoms. The van der Waals surface area contributed by atoms with Crippen molar-refractivity contribution in [3.05, 3.63) is 24.3 Å². The first-order valence-electron chi connectivity index (χ1n) is 7.01. The Balaban J connectivity index is 1.68. The first-order valence-corrected chi connectivity index (χ1v) is 7.01. The Hall–Kier alpha value is -2.12. The molecule has 0 saturated carbocycles. The number of hydrogen-bond donors (Lipinski definition) is 4. The Kier molecular flexibility index (Phi) is 3.76. The average Bonchev–Trinajstić information content (AvgIpc) is 3.08. The standard InChI is InChI=1S/C14H18N4O3/c19-11-7-12(16-8-11)13(20)17-9-2-1-3-10(6-9)18-5-4-15-14(18)21/h1-3,6,11-12,16,19H,4-5,7-8H2,(H,15,21)(H,17,20). The molecule has 3 rings (SSSR count). The van der Waals surface area contributed by atoms with Crippen LogP contribution in [0.2, 0.25) is 0 Å². The number of urea groups is 1. The van der Waals surface area contributed by atoms with Gasteiger partial charge < -0.3 is 21.1 Å². The van der Waals surface area contributed by atoms with Gasteiger partial charge >= 0.3 is 6.03 Å². The summed E-state index contributed by atoms with van der Waals surface area (Å²) in [5.41, 5.74) is 1.39. The highest BCUT2D eigenvalue weighted by molar-refractivity contribution is 5.97. The van der Waals surface area contributed by atoms with Crippen LogP contribution < -0.4 is 20.9 Å². The fourth-order valence-corrected chi connectivity index (χ4v) is 2.62. The third-order valence-electron chi connectivity index (χ3n) is 3.71. The fourth-order valence-electron chi connectivity index (χ4n) is 2.62. The van der Waals surface area contributed by atoms with Crippen LogP contribution in [0.3, 0.4) is 0 Å². The van der Waals surface area contributed by atoms with Gasteiger partial charge in [0.05, 0.1) is 12.1 Å². The van der Waals surface area contributed by atoms with Crippen molar-refractivity contribution in [2.75, 3.05) is 29.9 Å². The predicted octanol–water partition coefficient (Wildman–Crippen LogP) is -0.122. The van der Waals surface area contributed by atoms with Gasteiger partial charge in [-0.1, -0.05) is 6.07 Å². The van der Waals surface area contributed by atoms with E-state index in [4.69, 9.17) is 0 Å². The van der Waals surface area contributed by atoms with Crippen LogP contribution in [0.1, 0.15) is 6.42 Å². The minimum absolute atomic E-state index is 0.126. The fraction of sp³-hybridized carbons (Fsp3) is 0.429. The van der Waals surface area contributed by atoms with Crippen molar-refractivity contribution < 1.29 is 14.7 Å². The summed E-state index contributed by atoms with van der Waals surface area (Å²) in [7, 11) is 0. The molecule has 3 amide bonds. The largest absolute Gasteiger partial charge is 0.392 e. The highest BCUT2D eigenvalue weighted by atomic mass is 16.3. The zero-order chi connectivity index (χ0) is 14.8. The number of benzene rings is 1. The highest BCUT2D eigenvalue weighted by Crippen LogP contribution is 2.21. The molecule has 7 nitrogen and oxygen atoms in total. The van der Waals surface area contributed by atoms with Crippen molar-refractivity contribution in [2.45, 2.75) is 18.6 Å². The summed E-state index contributed by atoms with van der Waals surface area (Å²) in [4.78, 5) is 25.4. The van der Waals surface area contributed by atoms with Crippen LogP contribution in [-0.2, 0) is 4.79 Å². The maximum absolute atomic E-state index is 12.1. The Labute approximate surface area is 122 Å². The van der Waals surface area contributed by atoms with E-state index >= 15 is 0 Å². The van der Waals surface area contributed by atoms with Crippen molar-refractivity contribution in [2.24, 2.45) is 0 Å². The minimum Gasteiger partial charge on any atom is -0.392 e. The maximum Gasteiger partial charge on any atom is 0.321 e. The molecule has 0 aliphatic carbocycles. The Morgan fingerprint density at radius 3 is 2.95 bits per heavy atom. The summed E-state index contributed by atoms with van der Waals surface area (Å²) in [6.07, 6.45) is -0.0551. The van der Waals surface area contributed by atoms with Crippen LogP contribution in [0.15, 0.2) is 24.3 Å². The van der Waals surface area contributed by atoms with Crippen LogP contribution in [0.4, 0.5) is 16.2 Å². The van der Waals surface area contributed by atoms with E-state index in [1.54, 1.807) is 23.1 Å². The van der Waals surface area contributed by atoms with Crippen molar-refractivity contribution in [1.82, 2.24) is 10.6 Å². The summed E-state index contributed by atoms with van der Waals surface area (Å²) in [6, 6.07) is 6.68. The molecule has 0 spiro atoms. The normalized spacial score (nSPS) is 25.0. The van der Waals surface area contributed by atoms with E-state index in [-0.39, 0.29) is 18.0 Å². The van der Waals surface area contributed by atoms with Gasteiger partial charge in [0, 0.05) is 31.0 Å². The SMILES string of the molecule is O=C(Nc1cccc(N2CCNC2=O)c1)C1CC(O)CN1. The smallest absolute Gasteiger partial charge is 0.321 e. The van der Waals surface area contributed by atoms with E-state index in [0.29, 0.717) is 31.7 Å². The number of aliphatic hydroxyl groups excluding tert-OH is 1. The quantitative estimate of drug-likeness (QED) is 0.624. The lowest BCUT2D eigenvalue weighted by Gasteiger charge is -2.16. The summed E-state index contributed by atoms with van der Waals surface area (Å²) >= 11 is 0. The number of β-amino-alcohol motifs (C(OH)–C–C–N with tert-alkyl or cyclic N) is 1. The molecule has 2 aliphatic rings. The first kappa shape index (κ1) is 13.8. The zero-order valence-corrected chi connectivity index (χ0v) is 11.5. The predicted molar refractivity (Wildman–Crippen MR) is 78.2 cm³/mol. The molecule has 0 radical (unpaired) electrons. The summed E-state index contributed by atoms with van der Waals surface area (Å²) in [6.45, 7) is 1.68. The van der Waals surface area contributed by atoms with Crippen LogP contribution in [0, 0.1) is 0 Å². The first-order chi connectivity index (χ1) is 10.1. The second-order valence-corrected chi connectivity index (χ2v) is 5.27. The number of nitrogens with one attached hydrogen (secondary N) is 3. The number of carbonyl (C=O) groups excluding carboxylic acids is 2. The Bertz CT molecular complexity index is 563. The third kappa shape index (κ3) is 2.98. The maximum atomic E-state index is 12.1. The van der Waals surface area contributed by atoms with E-state index in [0.717, 1.165) is 5.69 Å². The number of amides is 3. The highest BCUT2D eigenvalue weighted by Gasteiger charge is 2.28. The van der Waals surface area contributed by atoms with Crippen LogP contribution in [0.25, 0.3) is 0 Å². The summed E-state index contributed by atoms with van der Waals surface area (Å²) < 4.78 is 0. The van der Waals surface area contributed by atoms with Gasteiger partial charge in [-0.25, -0.2) is 4.79 Å².